The minimum Gasteiger partial charge on any atom is -0.454 e. The van der Waals surface area contributed by atoms with Gasteiger partial charge in [0, 0.05) is 31.8 Å². The van der Waals surface area contributed by atoms with Gasteiger partial charge >= 0.3 is 6.61 Å². The van der Waals surface area contributed by atoms with Gasteiger partial charge in [-0.3, -0.25) is 4.99 Å². The number of alkyl halides is 2. The minimum absolute atomic E-state index is 0. The van der Waals surface area contributed by atoms with E-state index in [1.807, 2.05) is 0 Å². The molecule has 3 rings (SSSR count). The molecule has 0 unspecified atom stereocenters. The van der Waals surface area contributed by atoms with Gasteiger partial charge in [-0.2, -0.15) is 8.78 Å². The Labute approximate surface area is 177 Å². The van der Waals surface area contributed by atoms with Crippen molar-refractivity contribution >= 4 is 29.9 Å². The van der Waals surface area contributed by atoms with Gasteiger partial charge in [-0.05, 0) is 23.8 Å². The maximum Gasteiger partial charge on any atom is 0.387 e. The van der Waals surface area contributed by atoms with Crippen molar-refractivity contribution in [3.8, 4) is 17.2 Å². The lowest BCUT2D eigenvalue weighted by Crippen LogP contribution is -2.36. The number of ether oxygens (including phenoxy) is 3. The summed E-state index contributed by atoms with van der Waals surface area (Å²) in [5, 5.41) is 6.02. The summed E-state index contributed by atoms with van der Waals surface area (Å²) >= 11 is 0. The number of hydrogen-bond donors (Lipinski definition) is 2. The number of benzene rings is 2. The van der Waals surface area contributed by atoms with E-state index in [2.05, 4.69) is 20.4 Å². The Kier molecular flexibility index (Phi) is 8.03. The summed E-state index contributed by atoms with van der Waals surface area (Å²) in [7, 11) is 1.57. The van der Waals surface area contributed by atoms with Gasteiger partial charge in [-0.1, -0.05) is 12.1 Å². The lowest BCUT2D eigenvalue weighted by Gasteiger charge is -2.15. The molecule has 0 radical (unpaired) electrons. The van der Waals surface area contributed by atoms with Crippen molar-refractivity contribution in [2.75, 3.05) is 13.8 Å². The van der Waals surface area contributed by atoms with Crippen LogP contribution in [-0.4, -0.2) is 26.4 Å². The molecule has 2 aromatic carbocycles. The third-order valence-corrected chi connectivity index (χ3v) is 3.79. The summed E-state index contributed by atoms with van der Waals surface area (Å²) in [6, 6.07) is 9.10. The SMILES string of the molecule is CN=C(NCc1cccc(F)c1)NCc1cc2c(cc1OC(F)F)OCO2.I. The van der Waals surface area contributed by atoms with Crippen LogP contribution in [0.4, 0.5) is 13.2 Å². The van der Waals surface area contributed by atoms with Crippen molar-refractivity contribution < 1.29 is 27.4 Å². The second kappa shape index (κ2) is 10.2. The van der Waals surface area contributed by atoms with E-state index < -0.39 is 6.61 Å². The van der Waals surface area contributed by atoms with Crippen LogP contribution in [0.5, 0.6) is 17.2 Å². The zero-order valence-electron chi connectivity index (χ0n) is 14.9. The minimum atomic E-state index is -2.96. The van der Waals surface area contributed by atoms with Crippen LogP contribution in [0.1, 0.15) is 11.1 Å². The zero-order valence-corrected chi connectivity index (χ0v) is 17.2. The number of guanidine groups is 1. The Morgan fingerprint density at radius 1 is 1.14 bits per heavy atom. The third kappa shape index (κ3) is 5.81. The van der Waals surface area contributed by atoms with Gasteiger partial charge < -0.3 is 24.8 Å². The molecule has 1 heterocycles. The fourth-order valence-corrected chi connectivity index (χ4v) is 2.54. The molecule has 0 saturated carbocycles. The molecule has 6 nitrogen and oxygen atoms in total. The average Bonchev–Trinajstić information content (AvgIpc) is 3.08. The summed E-state index contributed by atoms with van der Waals surface area (Å²) in [6.07, 6.45) is 0. The number of rotatable bonds is 6. The van der Waals surface area contributed by atoms with Crippen LogP contribution in [0.2, 0.25) is 0 Å². The molecule has 1 aliphatic rings. The topological polar surface area (TPSA) is 64.1 Å². The monoisotopic (exact) mass is 509 g/mol. The maximum atomic E-state index is 13.2. The summed E-state index contributed by atoms with van der Waals surface area (Å²) in [5.74, 6) is 0.882. The molecule has 0 saturated heterocycles. The van der Waals surface area contributed by atoms with Gasteiger partial charge in [0.25, 0.3) is 0 Å². The Hall–Kier alpha value is -2.37. The van der Waals surface area contributed by atoms with Gasteiger partial charge in [0.1, 0.15) is 11.6 Å². The first-order valence-corrected chi connectivity index (χ1v) is 8.11. The van der Waals surface area contributed by atoms with Crippen molar-refractivity contribution in [2.45, 2.75) is 19.7 Å². The molecular weight excluding hydrogens is 490 g/mol. The highest BCUT2D eigenvalue weighted by Gasteiger charge is 2.20. The number of nitrogens with one attached hydrogen (secondary N) is 2. The summed E-state index contributed by atoms with van der Waals surface area (Å²) in [4.78, 5) is 4.06. The average molecular weight is 509 g/mol. The highest BCUT2D eigenvalue weighted by Crippen LogP contribution is 2.38. The summed E-state index contributed by atoms with van der Waals surface area (Å²) in [5.41, 5.74) is 1.19. The first kappa shape index (κ1) is 21.9. The van der Waals surface area contributed by atoms with E-state index in [1.165, 1.54) is 18.2 Å². The highest BCUT2D eigenvalue weighted by atomic mass is 127. The van der Waals surface area contributed by atoms with Crippen LogP contribution in [0.3, 0.4) is 0 Å². The van der Waals surface area contributed by atoms with Crippen LogP contribution in [0.15, 0.2) is 41.4 Å². The van der Waals surface area contributed by atoms with E-state index in [-0.39, 0.29) is 48.9 Å². The quantitative estimate of drug-likeness (QED) is 0.354. The molecule has 10 heteroatoms. The van der Waals surface area contributed by atoms with E-state index in [1.54, 1.807) is 25.2 Å². The Morgan fingerprint density at radius 3 is 2.54 bits per heavy atom. The molecule has 28 heavy (non-hydrogen) atoms. The standard InChI is InChI=1S/C18H18F3N3O3.HI/c1-22-18(23-8-11-3-2-4-13(19)5-11)24-9-12-6-15-16(26-10-25-15)7-14(12)27-17(20)21;/h2-7,17H,8-10H2,1H3,(H2,22,23,24);1H. The van der Waals surface area contributed by atoms with E-state index in [4.69, 9.17) is 9.47 Å². The number of fused-ring (bicyclic) bond motifs is 1. The molecule has 1 aliphatic heterocycles. The Morgan fingerprint density at radius 2 is 1.86 bits per heavy atom. The zero-order chi connectivity index (χ0) is 19.2. The molecular formula is C18H19F3IN3O3. The van der Waals surface area contributed by atoms with Gasteiger partial charge in [0.05, 0.1) is 0 Å². The predicted molar refractivity (Wildman–Crippen MR) is 108 cm³/mol. The number of halogens is 4. The first-order chi connectivity index (χ1) is 13.0. The number of hydrogen-bond acceptors (Lipinski definition) is 4. The van der Waals surface area contributed by atoms with Crippen LogP contribution >= 0.6 is 24.0 Å². The second-order valence-corrected chi connectivity index (χ2v) is 5.60. The predicted octanol–water partition coefficient (Wildman–Crippen LogP) is 3.64. The van der Waals surface area contributed by atoms with Crippen LogP contribution in [0.25, 0.3) is 0 Å². The third-order valence-electron chi connectivity index (χ3n) is 3.79. The second-order valence-electron chi connectivity index (χ2n) is 5.60. The first-order valence-electron chi connectivity index (χ1n) is 8.11. The summed E-state index contributed by atoms with van der Waals surface area (Å²) < 4.78 is 53.6. The van der Waals surface area contributed by atoms with Crippen molar-refractivity contribution in [3.63, 3.8) is 0 Å². The van der Waals surface area contributed by atoms with Crippen LogP contribution < -0.4 is 24.8 Å². The lowest BCUT2D eigenvalue weighted by molar-refractivity contribution is -0.0505. The van der Waals surface area contributed by atoms with Crippen LogP contribution in [-0.2, 0) is 13.1 Å². The molecule has 0 atom stereocenters. The van der Waals surface area contributed by atoms with Crippen LogP contribution in [0, 0.1) is 5.82 Å². The normalized spacial score (nSPS) is 12.5. The van der Waals surface area contributed by atoms with E-state index in [0.29, 0.717) is 29.6 Å². The van der Waals surface area contributed by atoms with Gasteiger partial charge in [-0.15, -0.1) is 24.0 Å². The molecule has 0 bridgehead atoms. The van der Waals surface area contributed by atoms with E-state index in [0.717, 1.165) is 5.56 Å². The Balaban J connectivity index is 0.00000280. The van der Waals surface area contributed by atoms with Crippen molar-refractivity contribution in [2.24, 2.45) is 4.99 Å². The lowest BCUT2D eigenvalue weighted by atomic mass is 10.1. The summed E-state index contributed by atoms with van der Waals surface area (Å²) in [6.45, 7) is -2.44. The molecule has 0 spiro atoms. The van der Waals surface area contributed by atoms with E-state index >= 15 is 0 Å². The van der Waals surface area contributed by atoms with Gasteiger partial charge in [0.15, 0.2) is 17.5 Å². The molecule has 0 aromatic heterocycles. The molecule has 2 aromatic rings. The molecule has 152 valence electrons. The fourth-order valence-electron chi connectivity index (χ4n) is 2.54. The molecule has 0 aliphatic carbocycles. The number of aliphatic imine (C=N–C) groups is 1. The Bertz CT molecular complexity index is 837. The maximum absolute atomic E-state index is 13.2. The van der Waals surface area contributed by atoms with Gasteiger partial charge in [0.2, 0.25) is 6.79 Å². The fraction of sp³-hybridized carbons (Fsp3) is 0.278. The molecule has 2 N–H and O–H groups in total. The van der Waals surface area contributed by atoms with E-state index in [9.17, 15) is 13.2 Å². The molecule has 0 amide bonds. The van der Waals surface area contributed by atoms with Crippen molar-refractivity contribution in [1.82, 2.24) is 10.6 Å². The smallest absolute Gasteiger partial charge is 0.387 e. The number of nitrogens with zero attached hydrogens (tertiary/aromatic N) is 1. The van der Waals surface area contributed by atoms with Crippen molar-refractivity contribution in [1.29, 1.82) is 0 Å². The largest absolute Gasteiger partial charge is 0.454 e. The van der Waals surface area contributed by atoms with Gasteiger partial charge in [-0.25, -0.2) is 4.39 Å². The highest BCUT2D eigenvalue weighted by molar-refractivity contribution is 14.0. The van der Waals surface area contributed by atoms with Crippen molar-refractivity contribution in [3.05, 3.63) is 53.3 Å². The molecule has 0 fully saturated rings.